The molecule has 0 heterocycles. The Kier molecular flexibility index (Phi) is 7.28. The Morgan fingerprint density at radius 1 is 1.03 bits per heavy atom. The molecule has 0 aromatic heterocycles. The molecule has 1 amide bonds. The summed E-state index contributed by atoms with van der Waals surface area (Å²) in [4.78, 5) is 12.7. The van der Waals surface area contributed by atoms with Gasteiger partial charge in [-0.25, -0.2) is 0 Å². The molecule has 31 heavy (non-hydrogen) atoms. The maximum Gasteiger partial charge on any atom is 0.266 e. The van der Waals surface area contributed by atoms with Crippen molar-refractivity contribution in [1.29, 1.82) is 5.26 Å². The number of halogens is 1. The minimum atomic E-state index is -0.461. The molecule has 0 spiro atoms. The van der Waals surface area contributed by atoms with Crippen LogP contribution in [0.15, 0.2) is 70.7 Å². The molecule has 3 aromatic rings. The summed E-state index contributed by atoms with van der Waals surface area (Å²) in [7, 11) is 0. The summed E-state index contributed by atoms with van der Waals surface area (Å²) in [5.41, 5.74) is 5.74. The van der Waals surface area contributed by atoms with Gasteiger partial charge >= 0.3 is 0 Å². The fourth-order valence-electron chi connectivity index (χ4n) is 3.02. The van der Waals surface area contributed by atoms with Crippen LogP contribution in [-0.2, 0) is 11.4 Å². The average molecular weight is 475 g/mol. The molecule has 3 aromatic carbocycles. The number of hydrogen-bond acceptors (Lipinski definition) is 3. The predicted molar refractivity (Wildman–Crippen MR) is 128 cm³/mol. The van der Waals surface area contributed by atoms with Gasteiger partial charge in [0.1, 0.15) is 24.0 Å². The summed E-state index contributed by atoms with van der Waals surface area (Å²) < 4.78 is 6.86. The number of carbonyl (C=O) groups is 1. The number of aryl methyl sites for hydroxylation is 3. The second kappa shape index (κ2) is 10.1. The first-order chi connectivity index (χ1) is 14.9. The number of rotatable bonds is 6. The zero-order chi connectivity index (χ0) is 22.4. The van der Waals surface area contributed by atoms with Crippen molar-refractivity contribution in [3.63, 3.8) is 0 Å². The highest BCUT2D eigenvalue weighted by Gasteiger charge is 2.13. The molecule has 0 saturated carbocycles. The van der Waals surface area contributed by atoms with Gasteiger partial charge in [-0.1, -0.05) is 52.3 Å². The van der Waals surface area contributed by atoms with Gasteiger partial charge in [0.25, 0.3) is 5.91 Å². The number of amides is 1. The number of benzene rings is 3. The first kappa shape index (κ1) is 22.3. The Hall–Kier alpha value is -3.36. The second-order valence-corrected chi connectivity index (χ2v) is 8.24. The summed E-state index contributed by atoms with van der Waals surface area (Å²) >= 11 is 3.45. The largest absolute Gasteiger partial charge is 0.488 e. The van der Waals surface area contributed by atoms with Crippen LogP contribution in [0.25, 0.3) is 6.08 Å². The van der Waals surface area contributed by atoms with Crippen LogP contribution in [0.1, 0.15) is 27.8 Å². The van der Waals surface area contributed by atoms with Gasteiger partial charge in [-0.3, -0.25) is 4.79 Å². The van der Waals surface area contributed by atoms with Crippen LogP contribution in [0.4, 0.5) is 5.69 Å². The summed E-state index contributed by atoms with van der Waals surface area (Å²) in [5.74, 6) is 0.134. The predicted octanol–water partition coefficient (Wildman–Crippen LogP) is 6.50. The van der Waals surface area contributed by atoms with E-state index in [0.29, 0.717) is 23.6 Å². The van der Waals surface area contributed by atoms with Crippen molar-refractivity contribution in [1.82, 2.24) is 0 Å². The Bertz CT molecular complexity index is 1190. The number of para-hydroxylation sites is 1. The van der Waals surface area contributed by atoms with E-state index in [0.717, 1.165) is 15.6 Å². The molecule has 0 radical (unpaired) electrons. The Morgan fingerprint density at radius 2 is 1.81 bits per heavy atom. The molecule has 5 heteroatoms. The lowest BCUT2D eigenvalue weighted by atomic mass is 10.1. The van der Waals surface area contributed by atoms with Crippen molar-refractivity contribution in [2.24, 2.45) is 0 Å². The van der Waals surface area contributed by atoms with Crippen molar-refractivity contribution < 1.29 is 9.53 Å². The third kappa shape index (κ3) is 5.84. The fraction of sp³-hybridized carbons (Fsp3) is 0.154. The van der Waals surface area contributed by atoms with Crippen molar-refractivity contribution in [3.05, 3.63) is 98.5 Å². The van der Waals surface area contributed by atoms with Crippen molar-refractivity contribution >= 4 is 33.6 Å². The van der Waals surface area contributed by atoms with Crippen LogP contribution < -0.4 is 10.1 Å². The lowest BCUT2D eigenvalue weighted by molar-refractivity contribution is -0.112. The number of nitriles is 1. The van der Waals surface area contributed by atoms with Gasteiger partial charge in [-0.15, -0.1) is 0 Å². The molecular formula is C26H23BrN2O2. The topological polar surface area (TPSA) is 62.1 Å². The molecule has 0 aliphatic heterocycles. The zero-order valence-electron chi connectivity index (χ0n) is 17.7. The number of carbonyl (C=O) groups excluding carboxylic acids is 1. The quantitative estimate of drug-likeness (QED) is 0.327. The van der Waals surface area contributed by atoms with Crippen LogP contribution in [0, 0.1) is 32.1 Å². The van der Waals surface area contributed by atoms with E-state index in [1.807, 2.05) is 55.5 Å². The van der Waals surface area contributed by atoms with Gasteiger partial charge in [-0.05, 0) is 73.4 Å². The van der Waals surface area contributed by atoms with Crippen LogP contribution >= 0.6 is 15.9 Å². The number of nitrogens with zero attached hydrogens (tertiary/aromatic N) is 1. The Balaban J connectivity index is 1.84. The smallest absolute Gasteiger partial charge is 0.266 e. The van der Waals surface area contributed by atoms with Gasteiger partial charge in [-0.2, -0.15) is 5.26 Å². The lowest BCUT2D eigenvalue weighted by Gasteiger charge is -2.12. The molecule has 0 aliphatic carbocycles. The van der Waals surface area contributed by atoms with Crippen LogP contribution in [0.3, 0.4) is 0 Å². The van der Waals surface area contributed by atoms with Crippen molar-refractivity contribution in [3.8, 4) is 11.8 Å². The average Bonchev–Trinajstić information content (AvgIpc) is 2.75. The first-order valence-corrected chi connectivity index (χ1v) is 10.6. The molecule has 0 unspecified atom stereocenters. The fourth-order valence-corrected chi connectivity index (χ4v) is 3.40. The molecular weight excluding hydrogens is 452 g/mol. The first-order valence-electron chi connectivity index (χ1n) is 9.84. The van der Waals surface area contributed by atoms with Gasteiger partial charge in [0.05, 0.1) is 0 Å². The van der Waals surface area contributed by atoms with E-state index < -0.39 is 5.91 Å². The van der Waals surface area contributed by atoms with Crippen LogP contribution in [0.5, 0.6) is 5.75 Å². The molecule has 1 N–H and O–H groups in total. The Morgan fingerprint density at radius 3 is 2.52 bits per heavy atom. The Labute approximate surface area is 191 Å². The summed E-state index contributed by atoms with van der Waals surface area (Å²) in [6.45, 7) is 6.43. The third-order valence-corrected chi connectivity index (χ3v) is 5.49. The molecule has 0 bridgehead atoms. The van der Waals surface area contributed by atoms with Gasteiger partial charge in [0.2, 0.25) is 0 Å². The third-order valence-electron chi connectivity index (χ3n) is 5.00. The molecule has 4 nitrogen and oxygen atoms in total. The lowest BCUT2D eigenvalue weighted by Crippen LogP contribution is -2.14. The number of anilines is 1. The molecule has 0 fully saturated rings. The maximum atomic E-state index is 12.7. The number of nitrogens with one attached hydrogen (secondary N) is 1. The highest BCUT2D eigenvalue weighted by atomic mass is 79.9. The van der Waals surface area contributed by atoms with E-state index in [2.05, 4.69) is 47.2 Å². The van der Waals surface area contributed by atoms with Crippen molar-refractivity contribution in [2.45, 2.75) is 27.4 Å². The van der Waals surface area contributed by atoms with Crippen molar-refractivity contribution in [2.75, 3.05) is 5.32 Å². The molecule has 0 saturated heterocycles. The van der Waals surface area contributed by atoms with Crippen LogP contribution in [0.2, 0.25) is 0 Å². The van der Waals surface area contributed by atoms with Gasteiger partial charge in [0.15, 0.2) is 0 Å². The van der Waals surface area contributed by atoms with Gasteiger partial charge < -0.3 is 10.1 Å². The monoisotopic (exact) mass is 474 g/mol. The summed E-state index contributed by atoms with van der Waals surface area (Å²) in [6, 6.07) is 21.2. The molecule has 3 rings (SSSR count). The van der Waals surface area contributed by atoms with E-state index in [9.17, 15) is 10.1 Å². The summed E-state index contributed by atoms with van der Waals surface area (Å²) in [6.07, 6.45) is 1.55. The number of ether oxygens (including phenoxy) is 1. The SMILES string of the molecule is Cc1ccc(COc2ccc(Br)cc2/C=C(\C#N)C(=O)Nc2ccccc2C)cc1C. The highest BCUT2D eigenvalue weighted by Crippen LogP contribution is 2.27. The van der Waals surface area contributed by atoms with E-state index in [1.54, 1.807) is 12.1 Å². The van der Waals surface area contributed by atoms with E-state index in [1.165, 1.54) is 11.1 Å². The van der Waals surface area contributed by atoms with E-state index in [-0.39, 0.29) is 5.57 Å². The van der Waals surface area contributed by atoms with Crippen LogP contribution in [-0.4, -0.2) is 5.91 Å². The van der Waals surface area contributed by atoms with E-state index in [4.69, 9.17) is 4.74 Å². The minimum absolute atomic E-state index is 0.00242. The standard InChI is InChI=1S/C26H23BrN2O2/c1-17-8-9-20(12-19(17)3)16-31-25-11-10-23(27)14-21(25)13-22(15-28)26(30)29-24-7-5-4-6-18(24)2/h4-14H,16H2,1-3H3,(H,29,30)/b22-13+. The molecule has 0 aliphatic rings. The minimum Gasteiger partial charge on any atom is -0.488 e. The van der Waals surface area contributed by atoms with E-state index >= 15 is 0 Å². The summed E-state index contributed by atoms with van der Waals surface area (Å²) in [5, 5.41) is 12.4. The second-order valence-electron chi connectivity index (χ2n) is 7.33. The number of hydrogen-bond donors (Lipinski definition) is 1. The molecule has 0 atom stereocenters. The maximum absolute atomic E-state index is 12.7. The zero-order valence-corrected chi connectivity index (χ0v) is 19.3. The van der Waals surface area contributed by atoms with Gasteiger partial charge in [0, 0.05) is 15.7 Å². The normalized spacial score (nSPS) is 11.0. The molecule has 156 valence electrons. The highest BCUT2D eigenvalue weighted by molar-refractivity contribution is 9.10.